The summed E-state index contributed by atoms with van der Waals surface area (Å²) in [6.07, 6.45) is 0. The van der Waals surface area contributed by atoms with Crippen LogP contribution in [0.3, 0.4) is 0 Å². The van der Waals surface area contributed by atoms with E-state index in [0.29, 0.717) is 17.5 Å². The number of nitrogens with zero attached hydrogens (tertiary/aromatic N) is 3. The third-order valence-electron chi connectivity index (χ3n) is 11.5. The first-order valence-corrected chi connectivity index (χ1v) is 18.0. The van der Waals surface area contributed by atoms with Crippen molar-refractivity contribution >= 4 is 10.8 Å². The number of fused-ring (bicyclic) bond motifs is 4. The zero-order valence-electron chi connectivity index (χ0n) is 29.9. The fourth-order valence-corrected chi connectivity index (χ4v) is 7.77. The highest BCUT2D eigenvalue weighted by Crippen LogP contribution is 2.54. The fraction of sp³-hybridized carbons (Fsp3) is 0.122. The summed E-state index contributed by atoms with van der Waals surface area (Å²) in [5.41, 5.74) is 13.1. The maximum atomic E-state index is 5.07. The molecule has 0 amide bonds. The van der Waals surface area contributed by atoms with Crippen molar-refractivity contribution in [1.82, 2.24) is 15.0 Å². The van der Waals surface area contributed by atoms with E-state index in [1.807, 2.05) is 24.3 Å². The first-order chi connectivity index (χ1) is 25.3. The molecule has 3 nitrogen and oxygen atoms in total. The quantitative estimate of drug-likeness (QED) is 0.183. The molecule has 1 aromatic heterocycles. The molecule has 9 rings (SSSR count). The van der Waals surface area contributed by atoms with Crippen LogP contribution in [0, 0.1) is 0 Å². The topological polar surface area (TPSA) is 38.7 Å². The molecule has 0 radical (unpaired) electrons. The van der Waals surface area contributed by atoms with Crippen molar-refractivity contribution in [3.63, 3.8) is 0 Å². The molecule has 3 heteroatoms. The summed E-state index contributed by atoms with van der Waals surface area (Å²) in [4.78, 5) is 15.1. The van der Waals surface area contributed by atoms with Gasteiger partial charge in [0.2, 0.25) is 0 Å². The summed E-state index contributed by atoms with van der Waals surface area (Å²) < 4.78 is 0. The third-order valence-corrected chi connectivity index (χ3v) is 11.5. The zero-order valence-corrected chi connectivity index (χ0v) is 29.9. The molecule has 0 saturated carbocycles. The monoisotopic (exact) mass is 669 g/mol. The smallest absolute Gasteiger partial charge is 0.164 e. The van der Waals surface area contributed by atoms with E-state index in [4.69, 9.17) is 15.0 Å². The standard InChI is InChI=1S/C49H39N3/c1-48(2)43-18-12-11-17-41(43)42-28-27-39(31-44(42)49(48,3)4)33-19-21-35(22-20-33)46-50-45(34-15-9-6-10-16-34)51-47(52-46)40-26-25-37-29-36(23-24-38(37)30-40)32-13-7-5-8-14-32/h5-31H,1-4H3. The van der Waals surface area contributed by atoms with Crippen LogP contribution in [0.25, 0.3) is 78.3 Å². The summed E-state index contributed by atoms with van der Waals surface area (Å²) in [5.74, 6) is 1.96. The van der Waals surface area contributed by atoms with E-state index in [0.717, 1.165) is 22.1 Å². The first-order valence-electron chi connectivity index (χ1n) is 18.0. The van der Waals surface area contributed by atoms with E-state index in [1.54, 1.807) is 0 Å². The lowest BCUT2D eigenvalue weighted by atomic mass is 9.55. The summed E-state index contributed by atoms with van der Waals surface area (Å²) in [5, 5.41) is 2.32. The Kier molecular flexibility index (Phi) is 7.48. The second-order valence-electron chi connectivity index (χ2n) is 14.9. The zero-order chi connectivity index (χ0) is 35.5. The highest BCUT2D eigenvalue weighted by molar-refractivity contribution is 5.90. The van der Waals surface area contributed by atoms with Crippen molar-refractivity contribution in [1.29, 1.82) is 0 Å². The molecule has 0 fully saturated rings. The van der Waals surface area contributed by atoms with Crippen molar-refractivity contribution in [2.24, 2.45) is 0 Å². The van der Waals surface area contributed by atoms with Crippen LogP contribution in [0.5, 0.6) is 0 Å². The molecule has 0 saturated heterocycles. The normalized spacial score (nSPS) is 14.1. The van der Waals surface area contributed by atoms with Gasteiger partial charge in [0.15, 0.2) is 17.5 Å². The molecular formula is C49H39N3. The van der Waals surface area contributed by atoms with Crippen LogP contribution in [0.15, 0.2) is 164 Å². The van der Waals surface area contributed by atoms with Gasteiger partial charge in [0.05, 0.1) is 0 Å². The van der Waals surface area contributed by atoms with Crippen molar-refractivity contribution in [3.05, 3.63) is 175 Å². The summed E-state index contributed by atoms with van der Waals surface area (Å²) in [6, 6.07) is 58.2. The number of hydrogen-bond acceptors (Lipinski definition) is 3. The molecule has 0 atom stereocenters. The van der Waals surface area contributed by atoms with Crippen molar-refractivity contribution in [2.45, 2.75) is 38.5 Å². The second kappa shape index (κ2) is 12.2. The van der Waals surface area contributed by atoms with Gasteiger partial charge in [0, 0.05) is 16.7 Å². The van der Waals surface area contributed by atoms with Crippen LogP contribution in [0.4, 0.5) is 0 Å². The minimum absolute atomic E-state index is 0.0118. The molecule has 1 aliphatic rings. The van der Waals surface area contributed by atoms with Gasteiger partial charge in [-0.3, -0.25) is 0 Å². The Morgan fingerprint density at radius 3 is 1.38 bits per heavy atom. The van der Waals surface area contributed by atoms with E-state index in [1.165, 1.54) is 49.9 Å². The number of rotatable bonds is 5. The molecule has 1 heterocycles. The van der Waals surface area contributed by atoms with Gasteiger partial charge in [0.1, 0.15) is 0 Å². The van der Waals surface area contributed by atoms with Crippen LogP contribution in [-0.4, -0.2) is 15.0 Å². The molecule has 0 unspecified atom stereocenters. The number of hydrogen-bond donors (Lipinski definition) is 0. The second-order valence-corrected chi connectivity index (χ2v) is 14.9. The SMILES string of the molecule is CC1(C)c2ccccc2-c2ccc(-c3ccc(-c4nc(-c5ccccc5)nc(-c5ccc6cc(-c7ccccc7)ccc6c5)n4)cc3)cc2C1(C)C. The molecule has 250 valence electrons. The van der Waals surface area contributed by atoms with Crippen LogP contribution < -0.4 is 0 Å². The highest BCUT2D eigenvalue weighted by Gasteiger charge is 2.45. The molecule has 7 aromatic carbocycles. The van der Waals surface area contributed by atoms with Crippen LogP contribution in [-0.2, 0) is 10.8 Å². The number of aromatic nitrogens is 3. The van der Waals surface area contributed by atoms with Crippen LogP contribution in [0.2, 0.25) is 0 Å². The Morgan fingerprint density at radius 2 is 0.712 bits per heavy atom. The highest BCUT2D eigenvalue weighted by atomic mass is 15.0. The van der Waals surface area contributed by atoms with Gasteiger partial charge >= 0.3 is 0 Å². The molecule has 8 aromatic rings. The Labute approximate surface area is 305 Å². The van der Waals surface area contributed by atoms with Crippen LogP contribution in [0.1, 0.15) is 38.8 Å². The Balaban J connectivity index is 1.09. The van der Waals surface area contributed by atoms with Gasteiger partial charge in [-0.1, -0.05) is 173 Å². The lowest BCUT2D eigenvalue weighted by Gasteiger charge is -2.48. The van der Waals surface area contributed by atoms with Gasteiger partial charge < -0.3 is 0 Å². The van der Waals surface area contributed by atoms with E-state index in [2.05, 4.69) is 167 Å². The largest absolute Gasteiger partial charge is 0.208 e. The molecule has 0 bridgehead atoms. The predicted molar refractivity (Wildman–Crippen MR) is 216 cm³/mol. The van der Waals surface area contributed by atoms with Crippen LogP contribution >= 0.6 is 0 Å². The van der Waals surface area contributed by atoms with Gasteiger partial charge in [-0.2, -0.15) is 0 Å². The van der Waals surface area contributed by atoms with Gasteiger partial charge in [-0.05, 0) is 84.3 Å². The van der Waals surface area contributed by atoms with Crippen molar-refractivity contribution in [2.75, 3.05) is 0 Å². The van der Waals surface area contributed by atoms with Crippen molar-refractivity contribution in [3.8, 4) is 67.5 Å². The van der Waals surface area contributed by atoms with E-state index in [-0.39, 0.29) is 10.8 Å². The summed E-state index contributed by atoms with van der Waals surface area (Å²) >= 11 is 0. The predicted octanol–water partition coefficient (Wildman–Crippen LogP) is 12.6. The maximum Gasteiger partial charge on any atom is 0.164 e. The molecular weight excluding hydrogens is 631 g/mol. The van der Waals surface area contributed by atoms with E-state index in [9.17, 15) is 0 Å². The lowest BCUT2D eigenvalue weighted by molar-refractivity contribution is 0.299. The molecule has 0 N–H and O–H groups in total. The molecule has 1 aliphatic carbocycles. The van der Waals surface area contributed by atoms with E-state index >= 15 is 0 Å². The lowest BCUT2D eigenvalue weighted by Crippen LogP contribution is -2.43. The molecule has 0 spiro atoms. The fourth-order valence-electron chi connectivity index (χ4n) is 7.77. The Bertz CT molecular complexity index is 2600. The number of benzene rings is 7. The Morgan fingerprint density at radius 1 is 0.308 bits per heavy atom. The average molecular weight is 670 g/mol. The Hall–Kier alpha value is -6.19. The minimum atomic E-state index is -0.0469. The summed E-state index contributed by atoms with van der Waals surface area (Å²) in [7, 11) is 0. The first kappa shape index (κ1) is 31.8. The van der Waals surface area contributed by atoms with Crippen molar-refractivity contribution < 1.29 is 0 Å². The maximum absolute atomic E-state index is 5.07. The van der Waals surface area contributed by atoms with Gasteiger partial charge in [-0.15, -0.1) is 0 Å². The molecule has 52 heavy (non-hydrogen) atoms. The van der Waals surface area contributed by atoms with E-state index < -0.39 is 0 Å². The van der Waals surface area contributed by atoms with Gasteiger partial charge in [-0.25, -0.2) is 15.0 Å². The minimum Gasteiger partial charge on any atom is -0.208 e. The molecule has 0 aliphatic heterocycles. The summed E-state index contributed by atoms with van der Waals surface area (Å²) in [6.45, 7) is 9.52. The average Bonchev–Trinajstić information content (AvgIpc) is 3.20. The third kappa shape index (κ3) is 5.32. The van der Waals surface area contributed by atoms with Gasteiger partial charge in [0.25, 0.3) is 0 Å².